The van der Waals surface area contributed by atoms with Crippen molar-refractivity contribution < 1.29 is 18.7 Å². The third kappa shape index (κ3) is 5.51. The zero-order valence-corrected chi connectivity index (χ0v) is 18.9. The number of fused-ring (bicyclic) bond motifs is 1. The smallest absolute Gasteiger partial charge is 0.407 e. The number of carbonyl (C=O) groups is 2. The zero-order chi connectivity index (χ0) is 23.2. The molecule has 0 aliphatic heterocycles. The van der Waals surface area contributed by atoms with Crippen molar-refractivity contribution in [2.75, 3.05) is 11.9 Å². The fourth-order valence-electron chi connectivity index (χ4n) is 3.66. The van der Waals surface area contributed by atoms with E-state index >= 15 is 0 Å². The molecule has 3 aromatic heterocycles. The lowest BCUT2D eigenvalue weighted by molar-refractivity contribution is -0.111. The Morgan fingerprint density at radius 2 is 2.36 bits per heavy atom. The fraction of sp³-hybridized carbons (Fsp3) is 0.304. The minimum atomic E-state index is -0.482. The Balaban J connectivity index is 1.31. The van der Waals surface area contributed by atoms with Crippen molar-refractivity contribution in [3.8, 4) is 6.07 Å². The predicted molar refractivity (Wildman–Crippen MR) is 122 cm³/mol. The minimum absolute atomic E-state index is 0.156. The van der Waals surface area contributed by atoms with Gasteiger partial charge in [-0.25, -0.2) is 9.78 Å². The Morgan fingerprint density at radius 3 is 3.09 bits per heavy atom. The molecule has 0 saturated carbocycles. The van der Waals surface area contributed by atoms with Gasteiger partial charge in [0.05, 0.1) is 25.0 Å². The number of rotatable bonds is 7. The van der Waals surface area contributed by atoms with Crippen LogP contribution in [0.15, 0.2) is 41.3 Å². The first-order valence-electron chi connectivity index (χ1n) is 10.5. The maximum atomic E-state index is 12.3. The number of hydrogen-bond acceptors (Lipinski definition) is 7. The summed E-state index contributed by atoms with van der Waals surface area (Å²) in [6.45, 7) is 0.588. The summed E-state index contributed by atoms with van der Waals surface area (Å²) in [6, 6.07) is 5.71. The molecule has 0 saturated heterocycles. The molecule has 33 heavy (non-hydrogen) atoms. The largest absolute Gasteiger partial charge is 0.465 e. The second-order valence-corrected chi connectivity index (χ2v) is 8.78. The van der Waals surface area contributed by atoms with Gasteiger partial charge in [0.15, 0.2) is 0 Å². The highest BCUT2D eigenvalue weighted by molar-refractivity contribution is 7.16. The van der Waals surface area contributed by atoms with Gasteiger partial charge in [0.25, 0.3) is 0 Å². The number of nitrogens with one attached hydrogen (secondary N) is 2. The van der Waals surface area contributed by atoms with Crippen LogP contribution in [0.1, 0.15) is 34.0 Å². The number of alkyl carbamates (subject to hydrolysis) is 1. The maximum Gasteiger partial charge on any atom is 0.407 e. The minimum Gasteiger partial charge on any atom is -0.465 e. The van der Waals surface area contributed by atoms with E-state index in [-0.39, 0.29) is 11.8 Å². The summed E-state index contributed by atoms with van der Waals surface area (Å²) >= 11 is 1.41. The van der Waals surface area contributed by atoms with Gasteiger partial charge in [0, 0.05) is 30.4 Å². The van der Waals surface area contributed by atoms with Crippen molar-refractivity contribution in [2.45, 2.75) is 25.8 Å². The lowest BCUT2D eigenvalue weighted by atomic mass is 9.88. The molecule has 1 aliphatic rings. The van der Waals surface area contributed by atoms with Crippen molar-refractivity contribution in [2.24, 2.45) is 13.0 Å². The summed E-state index contributed by atoms with van der Waals surface area (Å²) in [4.78, 5) is 29.5. The third-order valence-corrected chi connectivity index (χ3v) is 6.59. The molecule has 1 atom stereocenters. The average molecular weight is 466 g/mol. The summed E-state index contributed by atoms with van der Waals surface area (Å²) in [5.41, 5.74) is 1.49. The summed E-state index contributed by atoms with van der Waals surface area (Å²) < 4.78 is 12.4. The van der Waals surface area contributed by atoms with Crippen LogP contribution in [0.3, 0.4) is 0 Å². The van der Waals surface area contributed by atoms with Gasteiger partial charge >= 0.3 is 6.09 Å². The van der Waals surface area contributed by atoms with E-state index in [2.05, 4.69) is 21.7 Å². The van der Waals surface area contributed by atoms with Crippen molar-refractivity contribution >= 4 is 34.4 Å². The summed E-state index contributed by atoms with van der Waals surface area (Å²) in [6.07, 6.45) is 9.67. The molecular formula is C23H23N5O4S. The molecule has 10 heteroatoms. The zero-order valence-electron chi connectivity index (χ0n) is 18.0. The standard InChI is InChI=1S/C23H23N5O4S/c1-28-9-8-25-20(28)13-26-23(30)32-14-15-4-6-17-18(12-24)22(33-19(17)11-15)27-21(29)7-5-16-3-2-10-31-16/h2-3,5,7-10,15H,4,6,11,13-14H2,1H3,(H,26,30)(H,27,29)/b7-5+. The quantitative estimate of drug-likeness (QED) is 0.514. The molecule has 0 spiro atoms. The van der Waals surface area contributed by atoms with E-state index in [4.69, 9.17) is 9.15 Å². The number of furan rings is 1. The lowest BCUT2D eigenvalue weighted by Crippen LogP contribution is -2.28. The van der Waals surface area contributed by atoms with E-state index in [1.165, 1.54) is 23.7 Å². The van der Waals surface area contributed by atoms with E-state index in [1.54, 1.807) is 24.4 Å². The third-order valence-electron chi connectivity index (χ3n) is 5.42. The van der Waals surface area contributed by atoms with Crippen molar-refractivity contribution in [1.82, 2.24) is 14.9 Å². The van der Waals surface area contributed by atoms with Gasteiger partial charge in [-0.2, -0.15) is 5.26 Å². The van der Waals surface area contributed by atoms with E-state index in [1.807, 2.05) is 17.8 Å². The molecule has 0 fully saturated rings. The summed E-state index contributed by atoms with van der Waals surface area (Å²) in [7, 11) is 1.86. The number of nitrogens with zero attached hydrogens (tertiary/aromatic N) is 3. The molecule has 3 aromatic rings. The number of aryl methyl sites for hydroxylation is 1. The number of anilines is 1. The highest BCUT2D eigenvalue weighted by Gasteiger charge is 2.27. The molecule has 9 nitrogen and oxygen atoms in total. The number of carbonyl (C=O) groups excluding carboxylic acids is 2. The van der Waals surface area contributed by atoms with Gasteiger partial charge < -0.3 is 24.4 Å². The fourth-order valence-corrected chi connectivity index (χ4v) is 4.98. The lowest BCUT2D eigenvalue weighted by Gasteiger charge is -2.21. The van der Waals surface area contributed by atoms with E-state index in [9.17, 15) is 14.9 Å². The van der Waals surface area contributed by atoms with Crippen LogP contribution in [0.4, 0.5) is 9.80 Å². The number of imidazole rings is 1. The topological polar surface area (TPSA) is 122 Å². The van der Waals surface area contributed by atoms with Gasteiger partial charge in [0.1, 0.15) is 22.7 Å². The number of aromatic nitrogens is 2. The molecule has 3 heterocycles. The SMILES string of the molecule is Cn1ccnc1CNC(=O)OCC1CCc2c(sc(NC(=O)/C=C/c3ccco3)c2C#N)C1. The number of thiophene rings is 1. The van der Waals surface area contributed by atoms with Gasteiger partial charge in [-0.05, 0) is 49.0 Å². The van der Waals surface area contributed by atoms with Crippen LogP contribution < -0.4 is 10.6 Å². The first kappa shape index (κ1) is 22.4. The molecule has 2 amide bonds. The number of nitriles is 1. The molecule has 0 radical (unpaired) electrons. The molecular weight excluding hydrogens is 442 g/mol. The molecule has 4 rings (SSSR count). The predicted octanol–water partition coefficient (Wildman–Crippen LogP) is 3.63. The Bertz CT molecular complexity index is 1200. The van der Waals surface area contributed by atoms with Gasteiger partial charge in [0.2, 0.25) is 5.91 Å². The highest BCUT2D eigenvalue weighted by Crippen LogP contribution is 2.39. The Morgan fingerprint density at radius 1 is 1.48 bits per heavy atom. The van der Waals surface area contributed by atoms with Gasteiger partial charge in [-0.15, -0.1) is 11.3 Å². The Labute approximate surface area is 194 Å². The van der Waals surface area contributed by atoms with Crippen LogP contribution in [0.2, 0.25) is 0 Å². The normalized spacial score (nSPS) is 15.1. The number of ether oxygens (including phenoxy) is 1. The van der Waals surface area contributed by atoms with Crippen LogP contribution in [-0.4, -0.2) is 28.2 Å². The molecule has 1 aliphatic carbocycles. The van der Waals surface area contributed by atoms with Crippen LogP contribution in [-0.2, 0) is 36.0 Å². The first-order chi connectivity index (χ1) is 16.0. The van der Waals surface area contributed by atoms with E-state index in [0.717, 1.165) is 22.7 Å². The molecule has 0 aromatic carbocycles. The average Bonchev–Trinajstić information content (AvgIpc) is 3.54. The Kier molecular flexibility index (Phi) is 6.90. The summed E-state index contributed by atoms with van der Waals surface area (Å²) in [5, 5.41) is 15.7. The van der Waals surface area contributed by atoms with Crippen molar-refractivity contribution in [3.63, 3.8) is 0 Å². The monoisotopic (exact) mass is 465 g/mol. The maximum absolute atomic E-state index is 12.3. The van der Waals surface area contributed by atoms with Crippen LogP contribution >= 0.6 is 11.3 Å². The van der Waals surface area contributed by atoms with Gasteiger partial charge in [-0.1, -0.05) is 0 Å². The second kappa shape index (κ2) is 10.2. The Hall–Kier alpha value is -3.84. The molecule has 0 bridgehead atoms. The first-order valence-corrected chi connectivity index (χ1v) is 11.3. The van der Waals surface area contributed by atoms with Crippen LogP contribution in [0, 0.1) is 17.2 Å². The van der Waals surface area contributed by atoms with Gasteiger partial charge in [-0.3, -0.25) is 4.79 Å². The van der Waals surface area contributed by atoms with Crippen molar-refractivity contribution in [3.05, 3.63) is 64.5 Å². The molecule has 170 valence electrons. The number of hydrogen-bond donors (Lipinski definition) is 2. The highest BCUT2D eigenvalue weighted by atomic mass is 32.1. The second-order valence-electron chi connectivity index (χ2n) is 7.67. The van der Waals surface area contributed by atoms with Crippen molar-refractivity contribution in [1.29, 1.82) is 5.26 Å². The van der Waals surface area contributed by atoms with Crippen LogP contribution in [0.25, 0.3) is 6.08 Å². The van der Waals surface area contributed by atoms with Crippen LogP contribution in [0.5, 0.6) is 0 Å². The molecule has 2 N–H and O–H groups in total. The molecule has 1 unspecified atom stereocenters. The van der Waals surface area contributed by atoms with E-state index in [0.29, 0.717) is 42.3 Å². The number of amides is 2. The van der Waals surface area contributed by atoms with E-state index < -0.39 is 6.09 Å². The summed E-state index contributed by atoms with van der Waals surface area (Å²) in [5.74, 6) is 1.14.